The van der Waals surface area contributed by atoms with E-state index in [-0.39, 0.29) is 35.4 Å². The number of likely N-dealkylation sites (tertiary alicyclic amines) is 1. The van der Waals surface area contributed by atoms with Crippen LogP contribution in [0.2, 0.25) is 0 Å². The van der Waals surface area contributed by atoms with Gasteiger partial charge in [0.25, 0.3) is 11.8 Å². The number of piperidine rings is 1. The molecule has 4 amide bonds. The number of nitrogens with one attached hydrogen (secondary N) is 1. The number of amides is 4. The lowest BCUT2D eigenvalue weighted by molar-refractivity contribution is -0.130. The number of imide groups is 1. The van der Waals surface area contributed by atoms with Crippen molar-refractivity contribution >= 4 is 17.8 Å². The number of nitrogens with zero attached hydrogens (tertiary/aromatic N) is 2. The van der Waals surface area contributed by atoms with Gasteiger partial charge >= 0.3 is 6.03 Å². The molecule has 2 heterocycles. The maximum Gasteiger partial charge on any atom is 0.325 e. The Morgan fingerprint density at radius 3 is 2.54 bits per heavy atom. The van der Waals surface area contributed by atoms with Gasteiger partial charge in [0.2, 0.25) is 0 Å². The number of rotatable bonds is 4. The van der Waals surface area contributed by atoms with Crippen molar-refractivity contribution < 1.29 is 18.8 Å². The van der Waals surface area contributed by atoms with Crippen molar-refractivity contribution in [1.29, 1.82) is 0 Å². The van der Waals surface area contributed by atoms with Crippen LogP contribution in [0.3, 0.4) is 0 Å². The van der Waals surface area contributed by atoms with Crippen LogP contribution in [-0.2, 0) is 4.79 Å². The highest BCUT2D eigenvalue weighted by Gasteiger charge is 2.44. The molecular formula is C19H24FN3O3. The number of halogens is 1. The van der Waals surface area contributed by atoms with Crippen LogP contribution >= 0.6 is 0 Å². The molecule has 140 valence electrons. The van der Waals surface area contributed by atoms with E-state index in [1.165, 1.54) is 17.0 Å². The second-order valence-electron chi connectivity index (χ2n) is 7.02. The van der Waals surface area contributed by atoms with Crippen molar-refractivity contribution in [1.82, 2.24) is 15.1 Å². The van der Waals surface area contributed by atoms with Gasteiger partial charge in [-0.2, -0.15) is 0 Å². The van der Waals surface area contributed by atoms with Crippen LogP contribution in [0.15, 0.2) is 24.3 Å². The number of benzene rings is 1. The molecule has 3 rings (SSSR count). The van der Waals surface area contributed by atoms with Gasteiger partial charge in [0, 0.05) is 19.1 Å². The maximum absolute atomic E-state index is 13.8. The Labute approximate surface area is 152 Å². The van der Waals surface area contributed by atoms with E-state index in [1.807, 2.05) is 13.8 Å². The molecule has 0 saturated carbocycles. The van der Waals surface area contributed by atoms with E-state index < -0.39 is 11.9 Å². The van der Waals surface area contributed by atoms with E-state index in [2.05, 4.69) is 5.32 Å². The molecule has 2 atom stereocenters. The quantitative estimate of drug-likeness (QED) is 0.837. The summed E-state index contributed by atoms with van der Waals surface area (Å²) < 4.78 is 13.8. The lowest BCUT2D eigenvalue weighted by Crippen LogP contribution is -2.49. The Balaban J connectivity index is 1.64. The van der Waals surface area contributed by atoms with Gasteiger partial charge in [-0.3, -0.25) is 14.5 Å². The normalized spacial score (nSPS) is 22.5. The third-order valence-electron chi connectivity index (χ3n) is 5.44. The molecule has 26 heavy (non-hydrogen) atoms. The van der Waals surface area contributed by atoms with Gasteiger partial charge in [-0.05, 0) is 30.9 Å². The standard InChI is InChI=1S/C19H24FN3O3/c1-3-12(2)16-18(25)23(19(26)21-16)13-8-10-22(11-9-13)17(24)14-6-4-5-7-15(14)20/h4-7,12-13,16H,3,8-11H2,1-2H3,(H,21,26)/t12-,16-/m0/s1. The smallest absolute Gasteiger partial charge is 0.325 e. The fraction of sp³-hybridized carbons (Fsp3) is 0.526. The average Bonchev–Trinajstić information content (AvgIpc) is 2.95. The Morgan fingerprint density at radius 2 is 1.92 bits per heavy atom. The summed E-state index contributed by atoms with van der Waals surface area (Å²) >= 11 is 0. The van der Waals surface area contributed by atoms with Crippen molar-refractivity contribution in [2.75, 3.05) is 13.1 Å². The summed E-state index contributed by atoms with van der Waals surface area (Å²) in [6.07, 6.45) is 1.82. The fourth-order valence-corrected chi connectivity index (χ4v) is 3.61. The first kappa shape index (κ1) is 18.4. The van der Waals surface area contributed by atoms with Crippen molar-refractivity contribution in [3.05, 3.63) is 35.6 Å². The van der Waals surface area contributed by atoms with Gasteiger partial charge in [0.15, 0.2) is 0 Å². The van der Waals surface area contributed by atoms with Gasteiger partial charge in [0.05, 0.1) is 5.56 Å². The summed E-state index contributed by atoms with van der Waals surface area (Å²) in [6.45, 7) is 4.72. The van der Waals surface area contributed by atoms with Gasteiger partial charge in [-0.15, -0.1) is 0 Å². The molecule has 0 unspecified atom stereocenters. The van der Waals surface area contributed by atoms with Crippen LogP contribution in [0, 0.1) is 11.7 Å². The molecule has 2 aliphatic heterocycles. The lowest BCUT2D eigenvalue weighted by atomic mass is 9.97. The summed E-state index contributed by atoms with van der Waals surface area (Å²) in [6, 6.07) is 4.88. The number of hydrogen-bond donors (Lipinski definition) is 1. The molecule has 1 aromatic carbocycles. The predicted molar refractivity (Wildman–Crippen MR) is 93.9 cm³/mol. The van der Waals surface area contributed by atoms with Gasteiger partial charge in [-0.25, -0.2) is 9.18 Å². The molecular weight excluding hydrogens is 337 g/mol. The Hall–Kier alpha value is -2.44. The zero-order chi connectivity index (χ0) is 18.8. The van der Waals surface area contributed by atoms with E-state index in [4.69, 9.17) is 0 Å². The minimum Gasteiger partial charge on any atom is -0.338 e. The molecule has 0 aromatic heterocycles. The third kappa shape index (κ3) is 3.30. The fourth-order valence-electron chi connectivity index (χ4n) is 3.61. The maximum atomic E-state index is 13.8. The summed E-state index contributed by atoms with van der Waals surface area (Å²) in [5.41, 5.74) is 0.0535. The van der Waals surface area contributed by atoms with Gasteiger partial charge < -0.3 is 10.2 Å². The zero-order valence-corrected chi connectivity index (χ0v) is 15.1. The number of hydrogen-bond acceptors (Lipinski definition) is 3. The van der Waals surface area contributed by atoms with E-state index in [0.29, 0.717) is 25.9 Å². The minimum absolute atomic E-state index is 0.0535. The molecule has 2 fully saturated rings. The van der Waals surface area contributed by atoms with Crippen LogP contribution in [0.4, 0.5) is 9.18 Å². The second-order valence-corrected chi connectivity index (χ2v) is 7.02. The van der Waals surface area contributed by atoms with Gasteiger partial charge in [-0.1, -0.05) is 32.4 Å². The van der Waals surface area contributed by atoms with Crippen molar-refractivity contribution in [3.63, 3.8) is 0 Å². The number of carbonyl (C=O) groups excluding carboxylic acids is 3. The van der Waals surface area contributed by atoms with Crippen LogP contribution in [-0.4, -0.2) is 52.8 Å². The first-order chi connectivity index (χ1) is 12.4. The first-order valence-electron chi connectivity index (χ1n) is 9.11. The topological polar surface area (TPSA) is 69.7 Å². The monoisotopic (exact) mass is 361 g/mol. The Bertz CT molecular complexity index is 716. The Morgan fingerprint density at radius 1 is 1.27 bits per heavy atom. The highest BCUT2D eigenvalue weighted by Crippen LogP contribution is 2.25. The van der Waals surface area contributed by atoms with Crippen molar-refractivity contribution in [3.8, 4) is 0 Å². The highest BCUT2D eigenvalue weighted by atomic mass is 19.1. The summed E-state index contributed by atoms with van der Waals surface area (Å²) in [5.74, 6) is -0.983. The molecule has 2 saturated heterocycles. The first-order valence-corrected chi connectivity index (χ1v) is 9.11. The molecule has 1 N–H and O–H groups in total. The Kier molecular flexibility index (Phi) is 5.25. The number of urea groups is 1. The van der Waals surface area contributed by atoms with Crippen LogP contribution in [0.5, 0.6) is 0 Å². The molecule has 7 heteroatoms. The van der Waals surface area contributed by atoms with Crippen LogP contribution in [0.25, 0.3) is 0 Å². The molecule has 2 aliphatic rings. The molecule has 0 bridgehead atoms. The van der Waals surface area contributed by atoms with E-state index in [9.17, 15) is 18.8 Å². The molecule has 6 nitrogen and oxygen atoms in total. The second kappa shape index (κ2) is 7.43. The summed E-state index contributed by atoms with van der Waals surface area (Å²) in [5, 5.41) is 2.78. The van der Waals surface area contributed by atoms with Crippen LogP contribution < -0.4 is 5.32 Å². The van der Waals surface area contributed by atoms with E-state index in [0.717, 1.165) is 6.42 Å². The summed E-state index contributed by atoms with van der Waals surface area (Å²) in [7, 11) is 0. The SMILES string of the molecule is CC[C@H](C)[C@@H]1NC(=O)N(C2CCN(C(=O)c3ccccc3F)CC2)C1=O. The highest BCUT2D eigenvalue weighted by molar-refractivity contribution is 6.04. The van der Waals surface area contributed by atoms with Gasteiger partial charge in [0.1, 0.15) is 11.9 Å². The molecule has 0 radical (unpaired) electrons. The minimum atomic E-state index is -0.537. The zero-order valence-electron chi connectivity index (χ0n) is 15.1. The average molecular weight is 361 g/mol. The lowest BCUT2D eigenvalue weighted by Gasteiger charge is -2.35. The van der Waals surface area contributed by atoms with E-state index >= 15 is 0 Å². The van der Waals surface area contributed by atoms with Crippen LogP contribution in [0.1, 0.15) is 43.5 Å². The predicted octanol–water partition coefficient (Wildman–Crippen LogP) is 2.40. The molecule has 0 spiro atoms. The summed E-state index contributed by atoms with van der Waals surface area (Å²) in [4.78, 5) is 40.3. The third-order valence-corrected chi connectivity index (χ3v) is 5.44. The van der Waals surface area contributed by atoms with Crippen molar-refractivity contribution in [2.45, 2.75) is 45.2 Å². The largest absolute Gasteiger partial charge is 0.338 e. The van der Waals surface area contributed by atoms with E-state index in [1.54, 1.807) is 17.0 Å². The van der Waals surface area contributed by atoms with Crippen molar-refractivity contribution in [2.24, 2.45) is 5.92 Å². The molecule has 0 aliphatic carbocycles. The molecule has 1 aromatic rings. The number of carbonyl (C=O) groups is 3.